The van der Waals surface area contributed by atoms with Crippen molar-refractivity contribution >= 4 is 17.8 Å². The molecule has 0 saturated heterocycles. The van der Waals surface area contributed by atoms with Gasteiger partial charge in [-0.2, -0.15) is 0 Å². The number of hydrazine groups is 1. The molecule has 5 N–H and O–H groups in total. The van der Waals surface area contributed by atoms with Crippen LogP contribution in [0.15, 0.2) is 18.2 Å². The molecule has 0 heterocycles. The average molecular weight is 324 g/mol. The van der Waals surface area contributed by atoms with Gasteiger partial charge in [-0.3, -0.25) is 20.4 Å². The Morgan fingerprint density at radius 2 is 1.91 bits per heavy atom. The van der Waals surface area contributed by atoms with E-state index in [-0.39, 0.29) is 5.56 Å². The zero-order chi connectivity index (χ0) is 17.4. The summed E-state index contributed by atoms with van der Waals surface area (Å²) in [5.74, 6) is -0.259. The molecule has 4 amide bonds. The molecule has 0 fully saturated rings. The van der Waals surface area contributed by atoms with E-state index in [0.717, 1.165) is 0 Å². The van der Waals surface area contributed by atoms with Crippen LogP contribution in [0.1, 0.15) is 24.2 Å². The van der Waals surface area contributed by atoms with Crippen molar-refractivity contribution in [2.75, 3.05) is 13.7 Å². The standard InChI is InChI=1S/C14H20N4O5/c1-4-23-10-6-5-9(7-11(10)22-3)13(20)18-17-12(19)8(2)16-14(15)21/h5-8H,4H2,1-3H3,(H,17,19)(H,18,20)(H3,15,16,21). The fourth-order valence-corrected chi connectivity index (χ4v) is 1.66. The molecule has 9 nitrogen and oxygen atoms in total. The molecule has 0 bridgehead atoms. The fraction of sp³-hybridized carbons (Fsp3) is 0.357. The van der Waals surface area contributed by atoms with Crippen molar-refractivity contribution in [2.24, 2.45) is 5.73 Å². The second-order valence-electron chi connectivity index (χ2n) is 4.47. The van der Waals surface area contributed by atoms with Crippen LogP contribution in [-0.2, 0) is 4.79 Å². The summed E-state index contributed by atoms with van der Waals surface area (Å²) in [5.41, 5.74) is 9.58. The summed E-state index contributed by atoms with van der Waals surface area (Å²) < 4.78 is 10.5. The van der Waals surface area contributed by atoms with Crippen LogP contribution in [0.5, 0.6) is 11.5 Å². The molecule has 1 unspecified atom stereocenters. The lowest BCUT2D eigenvalue weighted by atomic mass is 10.2. The highest BCUT2D eigenvalue weighted by atomic mass is 16.5. The Bertz CT molecular complexity index is 591. The van der Waals surface area contributed by atoms with Crippen LogP contribution in [-0.4, -0.2) is 37.6 Å². The van der Waals surface area contributed by atoms with Crippen LogP contribution in [0.3, 0.4) is 0 Å². The summed E-state index contributed by atoms with van der Waals surface area (Å²) >= 11 is 0. The van der Waals surface area contributed by atoms with Gasteiger partial charge in [0.05, 0.1) is 13.7 Å². The molecule has 0 saturated carbocycles. The molecule has 0 aromatic heterocycles. The first-order chi connectivity index (χ1) is 10.9. The van der Waals surface area contributed by atoms with Crippen molar-refractivity contribution in [3.05, 3.63) is 23.8 Å². The van der Waals surface area contributed by atoms with Gasteiger partial charge in [0.2, 0.25) is 0 Å². The number of ether oxygens (including phenoxy) is 2. The van der Waals surface area contributed by atoms with Gasteiger partial charge in [0, 0.05) is 5.56 Å². The summed E-state index contributed by atoms with van der Waals surface area (Å²) in [6.07, 6.45) is 0. The van der Waals surface area contributed by atoms with E-state index in [4.69, 9.17) is 15.2 Å². The minimum atomic E-state index is -0.886. The molecule has 0 aliphatic heterocycles. The van der Waals surface area contributed by atoms with Crippen molar-refractivity contribution in [1.29, 1.82) is 0 Å². The molecule has 0 aliphatic carbocycles. The Kier molecular flexibility index (Phi) is 6.66. The van der Waals surface area contributed by atoms with E-state index in [1.54, 1.807) is 6.07 Å². The average Bonchev–Trinajstić information content (AvgIpc) is 2.52. The molecule has 1 atom stereocenters. The monoisotopic (exact) mass is 324 g/mol. The number of hydrogen-bond donors (Lipinski definition) is 4. The third-order valence-corrected chi connectivity index (χ3v) is 2.78. The van der Waals surface area contributed by atoms with E-state index in [1.807, 2.05) is 6.92 Å². The molecular weight excluding hydrogens is 304 g/mol. The first-order valence-corrected chi connectivity index (χ1v) is 6.86. The first kappa shape index (κ1) is 18.1. The van der Waals surface area contributed by atoms with Gasteiger partial charge >= 0.3 is 6.03 Å². The normalized spacial score (nSPS) is 11.1. The lowest BCUT2D eigenvalue weighted by molar-refractivity contribution is -0.123. The number of carbonyl (C=O) groups is 3. The summed E-state index contributed by atoms with van der Waals surface area (Å²) in [7, 11) is 1.46. The SMILES string of the molecule is CCOc1ccc(C(=O)NNC(=O)C(C)NC(N)=O)cc1OC. The van der Waals surface area contributed by atoms with E-state index in [2.05, 4.69) is 16.2 Å². The van der Waals surface area contributed by atoms with E-state index < -0.39 is 23.9 Å². The van der Waals surface area contributed by atoms with Gasteiger partial charge in [-0.05, 0) is 32.0 Å². The highest BCUT2D eigenvalue weighted by Crippen LogP contribution is 2.27. The van der Waals surface area contributed by atoms with Gasteiger partial charge in [0.15, 0.2) is 11.5 Å². The van der Waals surface area contributed by atoms with Crippen molar-refractivity contribution in [3.63, 3.8) is 0 Å². The molecule has 9 heteroatoms. The number of benzene rings is 1. The highest BCUT2D eigenvalue weighted by Gasteiger charge is 2.16. The number of nitrogens with two attached hydrogens (primary N) is 1. The number of carbonyl (C=O) groups excluding carboxylic acids is 3. The Morgan fingerprint density at radius 1 is 1.22 bits per heavy atom. The van der Waals surface area contributed by atoms with Gasteiger partial charge < -0.3 is 20.5 Å². The fourth-order valence-electron chi connectivity index (χ4n) is 1.66. The van der Waals surface area contributed by atoms with Crippen LogP contribution < -0.4 is 31.4 Å². The van der Waals surface area contributed by atoms with Gasteiger partial charge in [-0.15, -0.1) is 0 Å². The van der Waals surface area contributed by atoms with E-state index >= 15 is 0 Å². The molecule has 1 aromatic rings. The number of hydrogen-bond acceptors (Lipinski definition) is 5. The number of urea groups is 1. The predicted molar refractivity (Wildman–Crippen MR) is 82.0 cm³/mol. The van der Waals surface area contributed by atoms with Crippen LogP contribution in [0.2, 0.25) is 0 Å². The van der Waals surface area contributed by atoms with Gasteiger partial charge in [-0.25, -0.2) is 4.79 Å². The van der Waals surface area contributed by atoms with Crippen LogP contribution >= 0.6 is 0 Å². The number of methoxy groups -OCH3 is 1. The largest absolute Gasteiger partial charge is 0.493 e. The van der Waals surface area contributed by atoms with E-state index in [0.29, 0.717) is 18.1 Å². The first-order valence-electron chi connectivity index (χ1n) is 6.86. The Hall–Kier alpha value is -2.97. The molecule has 0 aliphatic rings. The van der Waals surface area contributed by atoms with Crippen molar-refractivity contribution < 1.29 is 23.9 Å². The predicted octanol–water partition coefficient (Wildman–Crippen LogP) is -0.0883. The topological polar surface area (TPSA) is 132 Å². The Morgan fingerprint density at radius 3 is 2.48 bits per heavy atom. The number of rotatable bonds is 6. The molecule has 23 heavy (non-hydrogen) atoms. The second-order valence-corrected chi connectivity index (χ2v) is 4.47. The maximum atomic E-state index is 12.0. The zero-order valence-corrected chi connectivity index (χ0v) is 13.1. The molecule has 1 rings (SSSR count). The minimum absolute atomic E-state index is 0.265. The van der Waals surface area contributed by atoms with Crippen molar-refractivity contribution in [1.82, 2.24) is 16.2 Å². The summed E-state index contributed by atoms with van der Waals surface area (Å²) in [5, 5.41) is 2.18. The van der Waals surface area contributed by atoms with Gasteiger partial charge in [-0.1, -0.05) is 0 Å². The van der Waals surface area contributed by atoms with E-state index in [9.17, 15) is 14.4 Å². The van der Waals surface area contributed by atoms with Crippen molar-refractivity contribution in [3.8, 4) is 11.5 Å². The number of nitrogens with one attached hydrogen (secondary N) is 3. The lowest BCUT2D eigenvalue weighted by Crippen LogP contribution is -2.52. The van der Waals surface area contributed by atoms with Crippen molar-refractivity contribution in [2.45, 2.75) is 19.9 Å². The number of amides is 4. The van der Waals surface area contributed by atoms with Crippen LogP contribution in [0.4, 0.5) is 4.79 Å². The molecule has 1 aromatic carbocycles. The highest BCUT2D eigenvalue weighted by molar-refractivity contribution is 5.96. The van der Waals surface area contributed by atoms with Gasteiger partial charge in [0.1, 0.15) is 6.04 Å². The van der Waals surface area contributed by atoms with Crippen LogP contribution in [0, 0.1) is 0 Å². The molecular formula is C14H20N4O5. The minimum Gasteiger partial charge on any atom is -0.493 e. The third-order valence-electron chi connectivity index (χ3n) is 2.78. The summed E-state index contributed by atoms with van der Waals surface area (Å²) in [6.45, 7) is 3.71. The van der Waals surface area contributed by atoms with Crippen LogP contribution in [0.25, 0.3) is 0 Å². The zero-order valence-electron chi connectivity index (χ0n) is 13.1. The quantitative estimate of drug-likeness (QED) is 0.543. The molecule has 126 valence electrons. The summed E-state index contributed by atoms with van der Waals surface area (Å²) in [4.78, 5) is 34.3. The third kappa shape index (κ3) is 5.38. The maximum Gasteiger partial charge on any atom is 0.312 e. The maximum absolute atomic E-state index is 12.0. The number of primary amides is 1. The lowest BCUT2D eigenvalue weighted by Gasteiger charge is -2.14. The smallest absolute Gasteiger partial charge is 0.312 e. The molecule has 0 radical (unpaired) electrons. The Balaban J connectivity index is 2.68. The van der Waals surface area contributed by atoms with Gasteiger partial charge in [0.25, 0.3) is 11.8 Å². The summed E-state index contributed by atoms with van der Waals surface area (Å²) in [6, 6.07) is 2.88. The Labute approximate surface area is 133 Å². The molecule has 0 spiro atoms. The van der Waals surface area contributed by atoms with E-state index in [1.165, 1.54) is 26.2 Å². The second kappa shape index (κ2) is 8.47.